The molecule has 0 fully saturated rings. The molecule has 0 spiro atoms. The molecule has 2 aromatic heterocycles. The van der Waals surface area contributed by atoms with Crippen molar-refractivity contribution in [1.82, 2.24) is 19.9 Å². The van der Waals surface area contributed by atoms with Crippen molar-refractivity contribution in [3.05, 3.63) is 60.4 Å². The molecule has 0 saturated heterocycles. The van der Waals surface area contributed by atoms with E-state index in [4.69, 9.17) is 4.98 Å². The van der Waals surface area contributed by atoms with Crippen molar-refractivity contribution in [3.63, 3.8) is 0 Å². The van der Waals surface area contributed by atoms with Crippen LogP contribution in [0.15, 0.2) is 54.9 Å². The van der Waals surface area contributed by atoms with Gasteiger partial charge in [-0.1, -0.05) is 30.3 Å². The molecule has 4 rings (SSSR count). The molecule has 0 radical (unpaired) electrons. The molecule has 2 N–H and O–H groups in total. The molecule has 4 aromatic rings. The Morgan fingerprint density at radius 1 is 0.952 bits per heavy atom. The zero-order valence-electron chi connectivity index (χ0n) is 11.6. The second kappa shape index (κ2) is 4.59. The van der Waals surface area contributed by atoms with Crippen LogP contribution in [0.3, 0.4) is 0 Å². The first kappa shape index (κ1) is 11.9. The van der Waals surface area contributed by atoms with Gasteiger partial charge in [0.05, 0.1) is 11.0 Å². The number of H-pyrrole nitrogens is 2. The molecule has 2 aromatic carbocycles. The van der Waals surface area contributed by atoms with E-state index in [1.807, 2.05) is 30.5 Å². The number of hydrogen-bond acceptors (Lipinski definition) is 2. The number of benzene rings is 2. The van der Waals surface area contributed by atoms with Crippen molar-refractivity contribution < 1.29 is 0 Å². The average Bonchev–Trinajstić information content (AvgIpc) is 3.16. The molecule has 4 nitrogen and oxygen atoms in total. The van der Waals surface area contributed by atoms with Gasteiger partial charge in [-0.25, -0.2) is 9.97 Å². The molecule has 0 aliphatic carbocycles. The van der Waals surface area contributed by atoms with Crippen LogP contribution in [0.5, 0.6) is 0 Å². The summed E-state index contributed by atoms with van der Waals surface area (Å²) in [5.74, 6) is 1.71. The molecule has 0 amide bonds. The van der Waals surface area contributed by atoms with Gasteiger partial charge < -0.3 is 9.97 Å². The maximum absolute atomic E-state index is 4.70. The highest BCUT2D eigenvalue weighted by Gasteiger charge is 2.12. The summed E-state index contributed by atoms with van der Waals surface area (Å²) < 4.78 is 0. The van der Waals surface area contributed by atoms with Crippen LogP contribution in [0.25, 0.3) is 33.8 Å². The highest BCUT2D eigenvalue weighted by atomic mass is 14.9. The fourth-order valence-corrected chi connectivity index (χ4v) is 2.56. The van der Waals surface area contributed by atoms with Gasteiger partial charge in [-0.2, -0.15) is 0 Å². The van der Waals surface area contributed by atoms with E-state index in [2.05, 4.69) is 40.1 Å². The number of hydrogen-bond donors (Lipinski definition) is 2. The van der Waals surface area contributed by atoms with Crippen molar-refractivity contribution in [2.24, 2.45) is 0 Å². The minimum Gasteiger partial charge on any atom is -0.345 e. The summed E-state index contributed by atoms with van der Waals surface area (Å²) in [6, 6.07) is 14.4. The van der Waals surface area contributed by atoms with Crippen LogP contribution in [-0.2, 0) is 0 Å². The Morgan fingerprint density at radius 2 is 1.76 bits per heavy atom. The largest absolute Gasteiger partial charge is 0.345 e. The molecule has 0 unspecified atom stereocenters. The summed E-state index contributed by atoms with van der Waals surface area (Å²) in [6.45, 7) is 2.08. The third-order valence-corrected chi connectivity index (χ3v) is 3.57. The quantitative estimate of drug-likeness (QED) is 0.582. The van der Waals surface area contributed by atoms with Crippen molar-refractivity contribution in [1.29, 1.82) is 0 Å². The average molecular weight is 274 g/mol. The Kier molecular flexibility index (Phi) is 2.60. The number of imidazole rings is 2. The highest BCUT2D eigenvalue weighted by Crippen LogP contribution is 2.29. The molecule has 21 heavy (non-hydrogen) atoms. The Labute approximate surface area is 121 Å². The monoisotopic (exact) mass is 274 g/mol. The summed E-state index contributed by atoms with van der Waals surface area (Å²) >= 11 is 0. The van der Waals surface area contributed by atoms with Gasteiger partial charge in [0.2, 0.25) is 0 Å². The summed E-state index contributed by atoms with van der Waals surface area (Å²) in [7, 11) is 0. The van der Waals surface area contributed by atoms with Crippen molar-refractivity contribution in [2.45, 2.75) is 6.92 Å². The Morgan fingerprint density at radius 3 is 2.52 bits per heavy atom. The van der Waals surface area contributed by atoms with Gasteiger partial charge in [0.25, 0.3) is 0 Å². The van der Waals surface area contributed by atoms with Crippen LogP contribution in [0.2, 0.25) is 0 Å². The van der Waals surface area contributed by atoms with Crippen LogP contribution in [0, 0.1) is 6.92 Å². The number of fused-ring (bicyclic) bond motifs is 1. The molecular formula is C17H14N4. The van der Waals surface area contributed by atoms with Gasteiger partial charge in [0, 0.05) is 23.5 Å². The van der Waals surface area contributed by atoms with E-state index in [1.165, 1.54) is 5.56 Å². The van der Waals surface area contributed by atoms with Crippen molar-refractivity contribution in [2.75, 3.05) is 0 Å². The first-order chi connectivity index (χ1) is 10.3. The van der Waals surface area contributed by atoms with Crippen LogP contribution in [0.4, 0.5) is 0 Å². The molecule has 2 heterocycles. The number of nitrogens with zero attached hydrogens (tertiary/aromatic N) is 2. The van der Waals surface area contributed by atoms with Crippen molar-refractivity contribution in [3.8, 4) is 22.8 Å². The van der Waals surface area contributed by atoms with Gasteiger partial charge in [-0.05, 0) is 24.6 Å². The molecular weight excluding hydrogens is 260 g/mol. The Hall–Kier alpha value is -2.88. The second-order valence-corrected chi connectivity index (χ2v) is 5.09. The van der Waals surface area contributed by atoms with E-state index < -0.39 is 0 Å². The van der Waals surface area contributed by atoms with Crippen LogP contribution in [-0.4, -0.2) is 19.9 Å². The molecule has 0 aliphatic rings. The standard InChI is InChI=1S/C17H14N4/c1-11-6-7-14-15(10-11)21-17(20-14)13-5-3-2-4-12(13)16-18-8-9-19-16/h2-10H,1H3,(H,18,19)(H,20,21). The lowest BCUT2D eigenvalue weighted by Crippen LogP contribution is -1.88. The van der Waals surface area contributed by atoms with Gasteiger partial charge in [-0.3, -0.25) is 0 Å². The molecule has 4 heteroatoms. The first-order valence-electron chi connectivity index (χ1n) is 6.87. The van der Waals surface area contributed by atoms with E-state index in [0.29, 0.717) is 0 Å². The third kappa shape index (κ3) is 2.01. The minimum absolute atomic E-state index is 0.849. The fourth-order valence-electron chi connectivity index (χ4n) is 2.56. The zero-order valence-corrected chi connectivity index (χ0v) is 11.6. The number of nitrogens with one attached hydrogen (secondary N) is 2. The minimum atomic E-state index is 0.849. The third-order valence-electron chi connectivity index (χ3n) is 3.57. The van der Waals surface area contributed by atoms with Crippen LogP contribution < -0.4 is 0 Å². The topological polar surface area (TPSA) is 57.4 Å². The van der Waals surface area contributed by atoms with E-state index in [9.17, 15) is 0 Å². The smallest absolute Gasteiger partial charge is 0.139 e. The predicted octanol–water partition coefficient (Wildman–Crippen LogP) is 3.93. The van der Waals surface area contributed by atoms with Gasteiger partial charge >= 0.3 is 0 Å². The Balaban J connectivity index is 1.93. The summed E-state index contributed by atoms with van der Waals surface area (Å²) in [5, 5.41) is 0. The molecule has 102 valence electrons. The molecule has 0 saturated carbocycles. The molecule has 0 bridgehead atoms. The number of aromatic nitrogens is 4. The lowest BCUT2D eigenvalue weighted by molar-refractivity contribution is 1.28. The van der Waals surface area contributed by atoms with Crippen LogP contribution >= 0.6 is 0 Å². The summed E-state index contributed by atoms with van der Waals surface area (Å²) in [4.78, 5) is 15.6. The number of aromatic amines is 2. The summed E-state index contributed by atoms with van der Waals surface area (Å²) in [6.07, 6.45) is 3.59. The Bertz CT molecular complexity index is 904. The second-order valence-electron chi connectivity index (χ2n) is 5.09. The zero-order chi connectivity index (χ0) is 14.2. The molecule has 0 atom stereocenters. The van der Waals surface area contributed by atoms with Crippen molar-refractivity contribution >= 4 is 11.0 Å². The molecule has 0 aliphatic heterocycles. The van der Waals surface area contributed by atoms with E-state index in [1.54, 1.807) is 6.20 Å². The normalized spacial score (nSPS) is 11.1. The van der Waals surface area contributed by atoms with Gasteiger partial charge in [0.1, 0.15) is 11.6 Å². The maximum atomic E-state index is 4.70. The lowest BCUT2D eigenvalue weighted by Gasteiger charge is -2.04. The lowest BCUT2D eigenvalue weighted by atomic mass is 10.1. The van der Waals surface area contributed by atoms with Crippen LogP contribution in [0.1, 0.15) is 5.56 Å². The number of rotatable bonds is 2. The fraction of sp³-hybridized carbons (Fsp3) is 0.0588. The van der Waals surface area contributed by atoms with E-state index in [-0.39, 0.29) is 0 Å². The van der Waals surface area contributed by atoms with Gasteiger partial charge in [-0.15, -0.1) is 0 Å². The highest BCUT2D eigenvalue weighted by molar-refractivity contribution is 5.84. The van der Waals surface area contributed by atoms with E-state index in [0.717, 1.165) is 33.8 Å². The summed E-state index contributed by atoms with van der Waals surface area (Å²) in [5.41, 5.74) is 5.33. The van der Waals surface area contributed by atoms with E-state index >= 15 is 0 Å². The first-order valence-corrected chi connectivity index (χ1v) is 6.87. The number of aryl methyl sites for hydroxylation is 1. The predicted molar refractivity (Wildman–Crippen MR) is 83.8 cm³/mol. The van der Waals surface area contributed by atoms with Gasteiger partial charge in [0.15, 0.2) is 0 Å². The SMILES string of the molecule is Cc1ccc2nc(-c3ccccc3-c3ncc[nH]3)[nH]c2c1. The maximum Gasteiger partial charge on any atom is 0.139 e.